The van der Waals surface area contributed by atoms with E-state index in [2.05, 4.69) is 11.2 Å². The second-order valence-electron chi connectivity index (χ2n) is 6.59. The van der Waals surface area contributed by atoms with E-state index in [0.29, 0.717) is 19.3 Å². The first-order valence-corrected chi connectivity index (χ1v) is 8.73. The van der Waals surface area contributed by atoms with Gasteiger partial charge in [0.25, 0.3) is 0 Å². The van der Waals surface area contributed by atoms with Crippen molar-refractivity contribution in [2.75, 3.05) is 6.79 Å². The normalized spacial score (nSPS) is 17.2. The molecule has 6 nitrogen and oxygen atoms in total. The fourth-order valence-corrected chi connectivity index (χ4v) is 2.92. The molecule has 1 fully saturated rings. The minimum absolute atomic E-state index is 0.298. The van der Waals surface area contributed by atoms with Crippen LogP contribution in [0.15, 0.2) is 18.2 Å². The molecule has 1 aromatic heterocycles. The number of ether oxygens (including phenoxy) is 2. The van der Waals surface area contributed by atoms with E-state index in [0.717, 1.165) is 42.4 Å². The van der Waals surface area contributed by atoms with Crippen molar-refractivity contribution in [1.29, 1.82) is 0 Å². The highest BCUT2D eigenvalue weighted by atomic mass is 16.7. The van der Waals surface area contributed by atoms with Crippen LogP contribution >= 0.6 is 0 Å². The van der Waals surface area contributed by atoms with Crippen molar-refractivity contribution < 1.29 is 14.6 Å². The van der Waals surface area contributed by atoms with E-state index < -0.39 is 0 Å². The number of hydrogen-bond acceptors (Lipinski definition) is 5. The highest BCUT2D eigenvalue weighted by Gasteiger charge is 2.29. The predicted molar refractivity (Wildman–Crippen MR) is 88.3 cm³/mol. The Labute approximate surface area is 141 Å². The van der Waals surface area contributed by atoms with Gasteiger partial charge in [0.1, 0.15) is 5.82 Å². The molecule has 4 rings (SSSR count). The Bertz CT molecular complexity index is 724. The van der Waals surface area contributed by atoms with Gasteiger partial charge in [-0.2, -0.15) is 5.10 Å². The van der Waals surface area contributed by atoms with Crippen molar-refractivity contribution in [2.45, 2.75) is 57.6 Å². The summed E-state index contributed by atoms with van der Waals surface area (Å²) in [5, 5.41) is 14.6. The van der Waals surface area contributed by atoms with Crippen LogP contribution in [0.25, 0.3) is 0 Å². The predicted octanol–water partition coefficient (Wildman–Crippen LogP) is 2.44. The molecule has 1 unspecified atom stereocenters. The van der Waals surface area contributed by atoms with Gasteiger partial charge in [-0.15, -0.1) is 0 Å². The van der Waals surface area contributed by atoms with Crippen LogP contribution in [-0.2, 0) is 19.4 Å². The molecule has 0 amide bonds. The maximum Gasteiger partial charge on any atom is 0.231 e. The summed E-state index contributed by atoms with van der Waals surface area (Å²) < 4.78 is 12.7. The van der Waals surface area contributed by atoms with E-state index in [1.807, 2.05) is 23.7 Å². The van der Waals surface area contributed by atoms with Crippen molar-refractivity contribution in [3.63, 3.8) is 0 Å². The minimum Gasteiger partial charge on any atom is -0.454 e. The van der Waals surface area contributed by atoms with Crippen molar-refractivity contribution in [2.24, 2.45) is 0 Å². The number of fused-ring (bicyclic) bond motifs is 1. The molecule has 2 aliphatic rings. The zero-order valence-electron chi connectivity index (χ0n) is 13.9. The lowest BCUT2D eigenvalue weighted by Crippen LogP contribution is -2.18. The van der Waals surface area contributed by atoms with Crippen LogP contribution < -0.4 is 9.47 Å². The van der Waals surface area contributed by atoms with Crippen LogP contribution in [0.2, 0.25) is 0 Å². The maximum absolute atomic E-state index is 9.97. The molecule has 1 aliphatic carbocycles. The van der Waals surface area contributed by atoms with Crippen LogP contribution in [0.1, 0.15) is 49.3 Å². The number of nitrogens with zero attached hydrogens (tertiary/aromatic N) is 3. The average molecular weight is 329 g/mol. The van der Waals surface area contributed by atoms with Crippen molar-refractivity contribution in [3.05, 3.63) is 35.4 Å². The van der Waals surface area contributed by atoms with Crippen LogP contribution in [0, 0.1) is 0 Å². The van der Waals surface area contributed by atoms with Crippen molar-refractivity contribution >= 4 is 0 Å². The van der Waals surface area contributed by atoms with Crippen LogP contribution in [0.5, 0.6) is 11.5 Å². The van der Waals surface area contributed by atoms with Crippen molar-refractivity contribution in [1.82, 2.24) is 14.8 Å². The first-order valence-electron chi connectivity index (χ1n) is 8.73. The minimum atomic E-state index is -0.372. The Morgan fingerprint density at radius 1 is 1.25 bits per heavy atom. The Morgan fingerprint density at radius 3 is 2.88 bits per heavy atom. The summed E-state index contributed by atoms with van der Waals surface area (Å²) in [4.78, 5) is 4.73. The summed E-state index contributed by atoms with van der Waals surface area (Å²) in [6.45, 7) is 2.80. The molecule has 24 heavy (non-hydrogen) atoms. The van der Waals surface area contributed by atoms with Gasteiger partial charge in [0.05, 0.1) is 12.6 Å². The summed E-state index contributed by atoms with van der Waals surface area (Å²) in [5.41, 5.74) is 1.19. The highest BCUT2D eigenvalue weighted by molar-refractivity contribution is 5.44. The van der Waals surface area contributed by atoms with E-state index in [4.69, 9.17) is 14.5 Å². The number of aryl methyl sites for hydroxylation is 2. The third-order valence-corrected chi connectivity index (χ3v) is 4.64. The first-order chi connectivity index (χ1) is 11.7. The smallest absolute Gasteiger partial charge is 0.231 e. The lowest BCUT2D eigenvalue weighted by atomic mass is 10.1. The summed E-state index contributed by atoms with van der Waals surface area (Å²) in [5.74, 6) is 4.05. The van der Waals surface area contributed by atoms with Gasteiger partial charge >= 0.3 is 0 Å². The maximum atomic E-state index is 9.97. The van der Waals surface area contributed by atoms with Crippen LogP contribution in [0.3, 0.4) is 0 Å². The fourth-order valence-electron chi connectivity index (χ4n) is 2.92. The zero-order chi connectivity index (χ0) is 16.5. The molecular formula is C18H23N3O3. The number of aliphatic hydroxyl groups is 1. The van der Waals surface area contributed by atoms with Gasteiger partial charge in [0.15, 0.2) is 17.3 Å². The van der Waals surface area contributed by atoms with E-state index in [1.54, 1.807) is 0 Å². The molecule has 1 N–H and O–H groups in total. The van der Waals surface area contributed by atoms with Gasteiger partial charge in [-0.3, -0.25) is 0 Å². The molecule has 0 bridgehead atoms. The molecule has 6 heteroatoms. The largest absolute Gasteiger partial charge is 0.454 e. The van der Waals surface area contributed by atoms with Crippen LogP contribution in [-0.4, -0.2) is 32.8 Å². The third-order valence-electron chi connectivity index (χ3n) is 4.64. The molecule has 1 atom stereocenters. The number of aromatic nitrogens is 3. The Kier molecular flexibility index (Phi) is 4.14. The molecule has 1 aliphatic heterocycles. The molecule has 128 valence electrons. The summed E-state index contributed by atoms with van der Waals surface area (Å²) in [7, 11) is 0. The molecule has 1 aromatic carbocycles. The van der Waals surface area contributed by atoms with Gasteiger partial charge in [-0.25, -0.2) is 9.67 Å². The number of hydrogen-bond donors (Lipinski definition) is 1. The van der Waals surface area contributed by atoms with E-state index in [1.165, 1.54) is 18.4 Å². The molecule has 0 spiro atoms. The van der Waals surface area contributed by atoms with E-state index in [-0.39, 0.29) is 6.10 Å². The SMILES string of the molecule is CCC(O)Cn1nc(C2CC2)nc1CCc1ccc2c(c1)OCO2. The average Bonchev–Trinajstić information content (AvgIpc) is 3.21. The molecule has 2 aromatic rings. The Morgan fingerprint density at radius 2 is 2.08 bits per heavy atom. The molecule has 0 radical (unpaired) electrons. The number of aliphatic hydroxyl groups excluding tert-OH is 1. The standard InChI is InChI=1S/C18H23N3O3/c1-2-14(22)10-21-17(19-18(20-21)13-5-6-13)8-4-12-3-7-15-16(9-12)24-11-23-15/h3,7,9,13-14,22H,2,4-6,8,10-11H2,1H3. The monoisotopic (exact) mass is 329 g/mol. The second-order valence-corrected chi connectivity index (χ2v) is 6.59. The van der Waals surface area contributed by atoms with E-state index >= 15 is 0 Å². The Hall–Kier alpha value is -2.08. The fraction of sp³-hybridized carbons (Fsp3) is 0.556. The third kappa shape index (κ3) is 3.24. The molecule has 0 saturated heterocycles. The molecular weight excluding hydrogens is 306 g/mol. The summed E-state index contributed by atoms with van der Waals surface area (Å²) in [6, 6.07) is 6.06. The Balaban J connectivity index is 1.48. The van der Waals surface area contributed by atoms with E-state index in [9.17, 15) is 5.11 Å². The topological polar surface area (TPSA) is 69.4 Å². The zero-order valence-corrected chi connectivity index (χ0v) is 13.9. The second kappa shape index (κ2) is 6.43. The summed E-state index contributed by atoms with van der Waals surface area (Å²) in [6.07, 6.45) is 4.38. The number of benzene rings is 1. The number of rotatable bonds is 7. The first kappa shape index (κ1) is 15.4. The lowest BCUT2D eigenvalue weighted by molar-refractivity contribution is 0.143. The molecule has 1 saturated carbocycles. The van der Waals surface area contributed by atoms with Gasteiger partial charge < -0.3 is 14.6 Å². The van der Waals surface area contributed by atoms with Gasteiger partial charge in [-0.1, -0.05) is 13.0 Å². The molecule has 2 heterocycles. The lowest BCUT2D eigenvalue weighted by Gasteiger charge is -2.10. The summed E-state index contributed by atoms with van der Waals surface area (Å²) >= 11 is 0. The van der Waals surface area contributed by atoms with Gasteiger partial charge in [0, 0.05) is 12.3 Å². The van der Waals surface area contributed by atoms with Crippen molar-refractivity contribution in [3.8, 4) is 11.5 Å². The van der Waals surface area contributed by atoms with Gasteiger partial charge in [-0.05, 0) is 43.4 Å². The quantitative estimate of drug-likeness (QED) is 0.845. The van der Waals surface area contributed by atoms with Crippen LogP contribution in [0.4, 0.5) is 0 Å². The highest BCUT2D eigenvalue weighted by Crippen LogP contribution is 2.38. The van der Waals surface area contributed by atoms with Gasteiger partial charge in [0.2, 0.25) is 6.79 Å².